The number of nitrogens with zero attached hydrogens (tertiary/aromatic N) is 1. The van der Waals surface area contributed by atoms with Crippen molar-refractivity contribution in [2.75, 3.05) is 6.61 Å². The van der Waals surface area contributed by atoms with Gasteiger partial charge in [-0.2, -0.15) is 8.78 Å². The molecule has 2 aromatic rings. The average Bonchev–Trinajstić information content (AvgIpc) is 2.96. The van der Waals surface area contributed by atoms with E-state index in [0.29, 0.717) is 17.9 Å². The largest absolute Gasteiger partial charge is 0.494 e. The molecule has 26 heavy (non-hydrogen) atoms. The first kappa shape index (κ1) is 17.6. The molecule has 0 saturated heterocycles. The molecule has 2 aromatic carbocycles. The van der Waals surface area contributed by atoms with Gasteiger partial charge in [0.15, 0.2) is 5.70 Å². The number of para-hydroxylation sites is 1. The van der Waals surface area contributed by atoms with Gasteiger partial charge in [0.25, 0.3) is 0 Å². The second-order valence-electron chi connectivity index (χ2n) is 5.22. The summed E-state index contributed by atoms with van der Waals surface area (Å²) in [5.74, 6) is -0.214. The van der Waals surface area contributed by atoms with Crippen LogP contribution in [0.3, 0.4) is 0 Å². The lowest BCUT2D eigenvalue weighted by atomic mass is 10.2. The van der Waals surface area contributed by atoms with Crippen LogP contribution in [0.5, 0.6) is 11.5 Å². The number of rotatable bonds is 6. The predicted molar refractivity (Wildman–Crippen MR) is 91.3 cm³/mol. The highest BCUT2D eigenvalue weighted by molar-refractivity contribution is 6.13. The SMILES string of the molecule is CCOc1cccc(/C=C2\N=C(c3ccccc3OC(F)F)OC2=O)c1. The Morgan fingerprint density at radius 1 is 1.19 bits per heavy atom. The van der Waals surface area contributed by atoms with E-state index in [1.165, 1.54) is 24.3 Å². The van der Waals surface area contributed by atoms with E-state index in [1.54, 1.807) is 30.3 Å². The Morgan fingerprint density at radius 2 is 2.00 bits per heavy atom. The van der Waals surface area contributed by atoms with Gasteiger partial charge >= 0.3 is 12.6 Å². The number of carbonyl (C=O) groups is 1. The quantitative estimate of drug-likeness (QED) is 0.577. The molecular weight excluding hydrogens is 344 g/mol. The molecule has 3 rings (SSSR count). The van der Waals surface area contributed by atoms with E-state index < -0.39 is 12.6 Å². The van der Waals surface area contributed by atoms with Gasteiger partial charge in [-0.15, -0.1) is 0 Å². The smallest absolute Gasteiger partial charge is 0.387 e. The molecule has 5 nitrogen and oxygen atoms in total. The summed E-state index contributed by atoms with van der Waals surface area (Å²) >= 11 is 0. The average molecular weight is 359 g/mol. The molecule has 0 aliphatic carbocycles. The van der Waals surface area contributed by atoms with Gasteiger partial charge < -0.3 is 14.2 Å². The lowest BCUT2D eigenvalue weighted by molar-refractivity contribution is -0.129. The minimum absolute atomic E-state index is 0.0560. The molecule has 1 heterocycles. The fraction of sp³-hybridized carbons (Fsp3) is 0.158. The molecule has 1 aliphatic heterocycles. The zero-order valence-corrected chi connectivity index (χ0v) is 13.8. The van der Waals surface area contributed by atoms with Crippen LogP contribution in [0.2, 0.25) is 0 Å². The van der Waals surface area contributed by atoms with Crippen LogP contribution in [-0.4, -0.2) is 25.1 Å². The summed E-state index contributed by atoms with van der Waals surface area (Å²) in [7, 11) is 0. The molecule has 0 saturated carbocycles. The maximum atomic E-state index is 12.5. The third-order valence-electron chi connectivity index (χ3n) is 3.43. The third kappa shape index (κ3) is 4.05. The summed E-state index contributed by atoms with van der Waals surface area (Å²) in [5, 5.41) is 0. The molecule has 0 bridgehead atoms. The van der Waals surface area contributed by atoms with E-state index in [-0.39, 0.29) is 22.9 Å². The second-order valence-corrected chi connectivity index (χ2v) is 5.22. The van der Waals surface area contributed by atoms with Crippen LogP contribution in [0.15, 0.2) is 59.2 Å². The van der Waals surface area contributed by atoms with Crippen molar-refractivity contribution >= 4 is 17.9 Å². The summed E-state index contributed by atoms with van der Waals surface area (Å²) in [4.78, 5) is 16.2. The van der Waals surface area contributed by atoms with E-state index in [2.05, 4.69) is 9.73 Å². The van der Waals surface area contributed by atoms with Crippen molar-refractivity contribution in [2.45, 2.75) is 13.5 Å². The number of carbonyl (C=O) groups excluding carboxylic acids is 1. The summed E-state index contributed by atoms with van der Waals surface area (Å²) in [5.41, 5.74) is 0.929. The number of hydrogen-bond donors (Lipinski definition) is 0. The van der Waals surface area contributed by atoms with Crippen LogP contribution in [0, 0.1) is 0 Å². The number of hydrogen-bond acceptors (Lipinski definition) is 5. The van der Waals surface area contributed by atoms with Crippen molar-refractivity contribution in [1.29, 1.82) is 0 Å². The van der Waals surface area contributed by atoms with Gasteiger partial charge in [-0.1, -0.05) is 24.3 Å². The minimum Gasteiger partial charge on any atom is -0.494 e. The molecule has 0 spiro atoms. The van der Waals surface area contributed by atoms with Crippen molar-refractivity contribution in [3.05, 3.63) is 65.4 Å². The molecule has 0 amide bonds. The highest BCUT2D eigenvalue weighted by atomic mass is 19.3. The van der Waals surface area contributed by atoms with Gasteiger partial charge in [0.2, 0.25) is 5.90 Å². The highest BCUT2D eigenvalue weighted by Crippen LogP contribution is 2.26. The van der Waals surface area contributed by atoms with Gasteiger partial charge in [-0.25, -0.2) is 9.79 Å². The molecule has 0 aromatic heterocycles. The monoisotopic (exact) mass is 359 g/mol. The second kappa shape index (κ2) is 7.77. The van der Waals surface area contributed by atoms with Crippen LogP contribution in [-0.2, 0) is 9.53 Å². The molecular formula is C19H15F2NO4. The number of benzene rings is 2. The summed E-state index contributed by atoms with van der Waals surface area (Å²) in [6, 6.07) is 13.1. The highest BCUT2D eigenvalue weighted by Gasteiger charge is 2.26. The first-order valence-electron chi connectivity index (χ1n) is 7.86. The predicted octanol–water partition coefficient (Wildman–Crippen LogP) is 4.03. The van der Waals surface area contributed by atoms with Crippen LogP contribution >= 0.6 is 0 Å². The Labute approximate surface area is 148 Å². The Kier molecular flexibility index (Phi) is 5.26. The first-order chi connectivity index (χ1) is 12.6. The molecule has 134 valence electrons. The van der Waals surface area contributed by atoms with E-state index in [1.807, 2.05) is 6.92 Å². The lowest BCUT2D eigenvalue weighted by Gasteiger charge is -2.08. The van der Waals surface area contributed by atoms with Crippen LogP contribution in [0.25, 0.3) is 6.08 Å². The molecule has 0 fully saturated rings. The van der Waals surface area contributed by atoms with Gasteiger partial charge in [-0.3, -0.25) is 0 Å². The fourth-order valence-corrected chi connectivity index (χ4v) is 2.39. The van der Waals surface area contributed by atoms with Crippen LogP contribution in [0.4, 0.5) is 8.78 Å². The number of cyclic esters (lactones) is 1. The Bertz CT molecular complexity index is 877. The third-order valence-corrected chi connectivity index (χ3v) is 3.43. The molecule has 0 unspecified atom stereocenters. The maximum absolute atomic E-state index is 12.5. The number of esters is 1. The lowest BCUT2D eigenvalue weighted by Crippen LogP contribution is -2.10. The summed E-state index contributed by atoms with van der Waals surface area (Å²) in [6.07, 6.45) is 1.54. The molecule has 1 aliphatic rings. The molecule has 7 heteroatoms. The Balaban J connectivity index is 1.91. The van der Waals surface area contributed by atoms with E-state index in [0.717, 1.165) is 0 Å². The number of alkyl halides is 2. The standard InChI is InChI=1S/C19H15F2NO4/c1-2-24-13-7-5-6-12(10-13)11-15-18(23)26-17(22-15)14-8-3-4-9-16(14)25-19(20)21/h3-11,19H,2H2,1H3/b15-11-. The molecule has 0 N–H and O–H groups in total. The van der Waals surface area contributed by atoms with Gasteiger partial charge in [-0.05, 0) is 42.8 Å². The molecule has 0 atom stereocenters. The van der Waals surface area contributed by atoms with Crippen molar-refractivity contribution in [2.24, 2.45) is 4.99 Å². The fourth-order valence-electron chi connectivity index (χ4n) is 2.39. The number of halogens is 2. The zero-order valence-electron chi connectivity index (χ0n) is 13.8. The van der Waals surface area contributed by atoms with Gasteiger partial charge in [0, 0.05) is 0 Å². The van der Waals surface area contributed by atoms with Crippen molar-refractivity contribution in [3.8, 4) is 11.5 Å². The molecule has 0 radical (unpaired) electrons. The van der Waals surface area contributed by atoms with Crippen LogP contribution in [0.1, 0.15) is 18.1 Å². The van der Waals surface area contributed by atoms with Crippen LogP contribution < -0.4 is 9.47 Å². The number of ether oxygens (including phenoxy) is 3. The summed E-state index contributed by atoms with van der Waals surface area (Å²) < 4.78 is 40.1. The summed E-state index contributed by atoms with van der Waals surface area (Å²) in [6.45, 7) is -0.606. The first-order valence-corrected chi connectivity index (χ1v) is 7.86. The van der Waals surface area contributed by atoms with Crippen molar-refractivity contribution in [1.82, 2.24) is 0 Å². The maximum Gasteiger partial charge on any atom is 0.387 e. The zero-order chi connectivity index (χ0) is 18.5. The van der Waals surface area contributed by atoms with E-state index in [4.69, 9.17) is 9.47 Å². The van der Waals surface area contributed by atoms with Crippen molar-refractivity contribution in [3.63, 3.8) is 0 Å². The van der Waals surface area contributed by atoms with Gasteiger partial charge in [0.1, 0.15) is 11.5 Å². The number of aliphatic imine (C=N–C) groups is 1. The Hall–Kier alpha value is -3.22. The Morgan fingerprint density at radius 3 is 2.77 bits per heavy atom. The van der Waals surface area contributed by atoms with E-state index >= 15 is 0 Å². The van der Waals surface area contributed by atoms with E-state index in [9.17, 15) is 13.6 Å². The normalized spacial score (nSPS) is 15.2. The van der Waals surface area contributed by atoms with Crippen molar-refractivity contribution < 1.29 is 27.8 Å². The van der Waals surface area contributed by atoms with Gasteiger partial charge in [0.05, 0.1) is 12.2 Å². The topological polar surface area (TPSA) is 57.1 Å². The minimum atomic E-state index is -3.00.